The highest BCUT2D eigenvalue weighted by Crippen LogP contribution is 2.30. The van der Waals surface area contributed by atoms with Gasteiger partial charge in [0.2, 0.25) is 0 Å². The van der Waals surface area contributed by atoms with Crippen molar-refractivity contribution in [2.24, 2.45) is 0 Å². The van der Waals surface area contributed by atoms with Crippen LogP contribution in [0.2, 0.25) is 0 Å². The zero-order chi connectivity index (χ0) is 22.8. The van der Waals surface area contributed by atoms with Gasteiger partial charge in [0, 0.05) is 30.0 Å². The smallest absolute Gasteiger partial charge is 0.252 e. The van der Waals surface area contributed by atoms with E-state index in [2.05, 4.69) is 53.6 Å². The number of carbonyl (C=O) groups excluding carboxylic acids is 1. The summed E-state index contributed by atoms with van der Waals surface area (Å²) in [5.74, 6) is 0.743. The number of nitrogens with one attached hydrogen (secondary N) is 1. The molecule has 0 atom stereocenters. The fraction of sp³-hybridized carbons (Fsp3) is 0.185. The summed E-state index contributed by atoms with van der Waals surface area (Å²) < 4.78 is 2.02. The van der Waals surface area contributed by atoms with Crippen LogP contribution in [0.15, 0.2) is 79.1 Å². The molecule has 1 N–H and O–H groups in total. The first-order valence-corrected chi connectivity index (χ1v) is 11.2. The monoisotopic (exact) mass is 435 g/mol. The fourth-order valence-electron chi connectivity index (χ4n) is 4.21. The number of hydrogen-bond donors (Lipinski definition) is 1. The highest BCUT2D eigenvalue weighted by Gasteiger charge is 2.15. The highest BCUT2D eigenvalue weighted by atomic mass is 16.1. The van der Waals surface area contributed by atoms with E-state index in [9.17, 15) is 4.79 Å². The summed E-state index contributed by atoms with van der Waals surface area (Å²) in [6.45, 7) is 4.65. The number of benzene rings is 3. The third-order valence-electron chi connectivity index (χ3n) is 5.86. The molecule has 1 amide bonds. The Labute approximate surface area is 192 Å². The summed E-state index contributed by atoms with van der Waals surface area (Å²) in [5, 5.41) is 14.4. The molecule has 0 saturated heterocycles. The lowest BCUT2D eigenvalue weighted by Gasteiger charge is -2.13. The van der Waals surface area contributed by atoms with Gasteiger partial charge in [-0.1, -0.05) is 60.7 Å². The molecule has 6 heteroatoms. The maximum atomic E-state index is 13.3. The molecule has 0 bridgehead atoms. The quantitative estimate of drug-likeness (QED) is 0.398. The molecule has 0 saturated carbocycles. The number of nitrogens with zero attached hydrogens (tertiary/aromatic N) is 4. The van der Waals surface area contributed by atoms with Crippen molar-refractivity contribution in [3.63, 3.8) is 0 Å². The Balaban J connectivity index is 1.48. The lowest BCUT2D eigenvalue weighted by Crippen LogP contribution is -2.27. The van der Waals surface area contributed by atoms with Gasteiger partial charge in [0.1, 0.15) is 12.2 Å². The largest absolute Gasteiger partial charge is 0.352 e. The molecule has 0 aliphatic carbocycles. The van der Waals surface area contributed by atoms with Crippen LogP contribution in [0.1, 0.15) is 36.1 Å². The van der Waals surface area contributed by atoms with Crippen molar-refractivity contribution in [3.8, 4) is 11.3 Å². The Morgan fingerprint density at radius 1 is 0.970 bits per heavy atom. The van der Waals surface area contributed by atoms with Gasteiger partial charge < -0.3 is 9.88 Å². The number of aromatic nitrogens is 4. The molecule has 0 aliphatic rings. The number of amides is 1. The van der Waals surface area contributed by atoms with Gasteiger partial charge in [-0.2, -0.15) is 0 Å². The molecule has 0 spiro atoms. The Morgan fingerprint density at radius 3 is 2.58 bits per heavy atom. The standard InChI is InChI=1S/C27H25N5O/c1-18(2)32-17-29-31-26(32)14-15-28-27(33)23-16-25(30-24-13-6-5-11-22(23)24)21-12-7-9-19-8-3-4-10-20(19)21/h3-13,16-18H,14-15H2,1-2H3,(H,28,33). The third kappa shape index (κ3) is 4.07. The van der Waals surface area contributed by atoms with Gasteiger partial charge in [-0.15, -0.1) is 10.2 Å². The first-order chi connectivity index (χ1) is 16.1. The summed E-state index contributed by atoms with van der Waals surface area (Å²) in [7, 11) is 0. The first-order valence-electron chi connectivity index (χ1n) is 11.2. The second-order valence-corrected chi connectivity index (χ2v) is 8.35. The van der Waals surface area contributed by atoms with Crippen LogP contribution < -0.4 is 5.32 Å². The van der Waals surface area contributed by atoms with Gasteiger partial charge in [0.15, 0.2) is 0 Å². The maximum Gasteiger partial charge on any atom is 0.252 e. The van der Waals surface area contributed by atoms with E-state index in [0.29, 0.717) is 18.5 Å². The van der Waals surface area contributed by atoms with E-state index in [1.165, 1.54) is 0 Å². The zero-order valence-electron chi connectivity index (χ0n) is 18.7. The Hall–Kier alpha value is -4.06. The van der Waals surface area contributed by atoms with Gasteiger partial charge >= 0.3 is 0 Å². The number of fused-ring (bicyclic) bond motifs is 2. The molecule has 0 aliphatic heterocycles. The molecule has 5 rings (SSSR count). The summed E-state index contributed by atoms with van der Waals surface area (Å²) in [5.41, 5.74) is 3.22. The van der Waals surface area contributed by atoms with E-state index in [1.807, 2.05) is 53.1 Å². The van der Waals surface area contributed by atoms with Crippen LogP contribution in [0.25, 0.3) is 32.9 Å². The molecule has 0 fully saturated rings. The van der Waals surface area contributed by atoms with Crippen molar-refractivity contribution in [2.45, 2.75) is 26.3 Å². The molecule has 2 aromatic heterocycles. The zero-order valence-corrected chi connectivity index (χ0v) is 18.7. The number of rotatable bonds is 6. The van der Waals surface area contributed by atoms with Crippen molar-refractivity contribution in [1.82, 2.24) is 25.1 Å². The molecule has 5 aromatic rings. The van der Waals surface area contributed by atoms with E-state index in [0.717, 1.165) is 38.8 Å². The van der Waals surface area contributed by atoms with Crippen LogP contribution in [0.5, 0.6) is 0 Å². The highest BCUT2D eigenvalue weighted by molar-refractivity contribution is 6.08. The van der Waals surface area contributed by atoms with Crippen LogP contribution in [0.3, 0.4) is 0 Å². The second kappa shape index (κ2) is 8.82. The molecular formula is C27H25N5O. The SMILES string of the molecule is CC(C)n1cnnc1CCNC(=O)c1cc(-c2cccc3ccccc23)nc2ccccc12. The van der Waals surface area contributed by atoms with Gasteiger partial charge in [-0.05, 0) is 36.8 Å². The predicted octanol–water partition coefficient (Wildman–Crippen LogP) is 5.20. The summed E-state index contributed by atoms with van der Waals surface area (Å²) in [6, 6.07) is 24.3. The van der Waals surface area contributed by atoms with E-state index in [4.69, 9.17) is 4.98 Å². The fourth-order valence-corrected chi connectivity index (χ4v) is 4.21. The van der Waals surface area contributed by atoms with Crippen molar-refractivity contribution < 1.29 is 4.79 Å². The van der Waals surface area contributed by atoms with Gasteiger partial charge in [-0.25, -0.2) is 4.98 Å². The van der Waals surface area contributed by atoms with Crippen molar-refractivity contribution >= 4 is 27.6 Å². The first kappa shape index (κ1) is 20.8. The number of pyridine rings is 1. The van der Waals surface area contributed by atoms with Crippen LogP contribution in [0, 0.1) is 0 Å². The van der Waals surface area contributed by atoms with Crippen LogP contribution in [-0.4, -0.2) is 32.2 Å². The molecule has 2 heterocycles. The summed E-state index contributed by atoms with van der Waals surface area (Å²) in [4.78, 5) is 18.2. The molecule has 164 valence electrons. The van der Waals surface area contributed by atoms with E-state index < -0.39 is 0 Å². The normalized spacial score (nSPS) is 11.4. The lowest BCUT2D eigenvalue weighted by molar-refractivity contribution is 0.0955. The number of hydrogen-bond acceptors (Lipinski definition) is 4. The summed E-state index contributed by atoms with van der Waals surface area (Å²) in [6.07, 6.45) is 2.35. The van der Waals surface area contributed by atoms with Crippen molar-refractivity contribution in [1.29, 1.82) is 0 Å². The molecule has 6 nitrogen and oxygen atoms in total. The van der Waals surface area contributed by atoms with E-state index >= 15 is 0 Å². The average Bonchev–Trinajstić information content (AvgIpc) is 3.32. The minimum absolute atomic E-state index is 0.120. The third-order valence-corrected chi connectivity index (χ3v) is 5.86. The Kier molecular flexibility index (Phi) is 5.57. The topological polar surface area (TPSA) is 72.7 Å². The Bertz CT molecular complexity index is 1450. The van der Waals surface area contributed by atoms with Gasteiger partial charge in [0.25, 0.3) is 5.91 Å². The van der Waals surface area contributed by atoms with Crippen LogP contribution in [0.4, 0.5) is 0 Å². The minimum atomic E-state index is -0.120. The predicted molar refractivity (Wildman–Crippen MR) is 131 cm³/mol. The van der Waals surface area contributed by atoms with Gasteiger partial charge in [0.05, 0.1) is 16.8 Å². The van der Waals surface area contributed by atoms with Crippen LogP contribution >= 0.6 is 0 Å². The number of carbonyl (C=O) groups is 1. The molecule has 0 unspecified atom stereocenters. The molecule has 3 aromatic carbocycles. The van der Waals surface area contributed by atoms with E-state index in [-0.39, 0.29) is 11.9 Å². The lowest BCUT2D eigenvalue weighted by atomic mass is 9.99. The van der Waals surface area contributed by atoms with Crippen molar-refractivity contribution in [3.05, 3.63) is 90.5 Å². The number of para-hydroxylation sites is 1. The van der Waals surface area contributed by atoms with E-state index in [1.54, 1.807) is 6.33 Å². The van der Waals surface area contributed by atoms with Crippen LogP contribution in [-0.2, 0) is 6.42 Å². The van der Waals surface area contributed by atoms with Crippen molar-refractivity contribution in [2.75, 3.05) is 6.54 Å². The minimum Gasteiger partial charge on any atom is -0.352 e. The Morgan fingerprint density at radius 2 is 1.73 bits per heavy atom. The summed E-state index contributed by atoms with van der Waals surface area (Å²) >= 11 is 0. The average molecular weight is 436 g/mol. The maximum absolute atomic E-state index is 13.3. The second-order valence-electron chi connectivity index (χ2n) is 8.35. The van der Waals surface area contributed by atoms with Gasteiger partial charge in [-0.3, -0.25) is 4.79 Å². The molecule has 33 heavy (non-hydrogen) atoms. The molecule has 0 radical (unpaired) electrons. The molecular weight excluding hydrogens is 410 g/mol.